The number of hydrogen-bond acceptors (Lipinski definition) is 3. The topological polar surface area (TPSA) is 63.2 Å². The van der Waals surface area contributed by atoms with Gasteiger partial charge in [0.05, 0.1) is 5.75 Å². The van der Waals surface area contributed by atoms with E-state index in [1.807, 2.05) is 0 Å². The lowest BCUT2D eigenvalue weighted by atomic mass is 10.0. The standard InChI is InChI=1S/C17H34NO3S/c1-2-3-4-5-6-7-8-9-10-11-12-13-14-15-16-22(20,21)18-17-19/h2-16H2,1H3,(H,18,19). The summed E-state index contributed by atoms with van der Waals surface area (Å²) in [6.07, 6.45) is 18.5. The Bertz CT molecular complexity index is 342. The fourth-order valence-electron chi connectivity index (χ4n) is 2.60. The van der Waals surface area contributed by atoms with E-state index >= 15 is 0 Å². The summed E-state index contributed by atoms with van der Waals surface area (Å²) in [6, 6.07) is 0. The zero-order valence-electron chi connectivity index (χ0n) is 14.2. The lowest BCUT2D eigenvalue weighted by Gasteiger charge is -2.03. The van der Waals surface area contributed by atoms with Gasteiger partial charge in [-0.3, -0.25) is 4.79 Å². The Morgan fingerprint density at radius 2 is 1.05 bits per heavy atom. The van der Waals surface area contributed by atoms with Crippen molar-refractivity contribution in [3.05, 3.63) is 0 Å². The maximum Gasteiger partial charge on any atom is 0.323 e. The molecule has 0 aliphatic rings. The average Bonchev–Trinajstić information content (AvgIpc) is 2.47. The molecule has 4 nitrogen and oxygen atoms in total. The summed E-state index contributed by atoms with van der Waals surface area (Å²) in [5.41, 5.74) is 0. The second kappa shape index (κ2) is 15.3. The molecule has 0 aromatic heterocycles. The molecule has 0 unspecified atom stereocenters. The number of rotatable bonds is 17. The fraction of sp³-hybridized carbons (Fsp3) is 0.941. The third-order valence-electron chi connectivity index (χ3n) is 3.96. The Labute approximate surface area is 137 Å². The maximum absolute atomic E-state index is 11.2. The van der Waals surface area contributed by atoms with Crippen LogP contribution in [0.2, 0.25) is 0 Å². The van der Waals surface area contributed by atoms with E-state index in [0.717, 1.165) is 12.8 Å². The van der Waals surface area contributed by atoms with Crippen LogP contribution in [0.3, 0.4) is 0 Å². The van der Waals surface area contributed by atoms with Crippen molar-refractivity contribution in [1.29, 1.82) is 0 Å². The number of carbonyl (C=O) groups excluding carboxylic acids is 1. The molecule has 0 spiro atoms. The van der Waals surface area contributed by atoms with Crippen molar-refractivity contribution in [3.63, 3.8) is 0 Å². The molecule has 5 heteroatoms. The molecule has 0 aliphatic heterocycles. The quantitative estimate of drug-likeness (QED) is 0.316. The highest BCUT2D eigenvalue weighted by Crippen LogP contribution is 2.13. The normalized spacial score (nSPS) is 11.5. The molecule has 0 aromatic carbocycles. The molecule has 0 bridgehead atoms. The van der Waals surface area contributed by atoms with Gasteiger partial charge in [0.1, 0.15) is 0 Å². The Morgan fingerprint density at radius 1 is 0.682 bits per heavy atom. The molecule has 0 aromatic rings. The van der Waals surface area contributed by atoms with Crippen molar-refractivity contribution in [3.8, 4) is 0 Å². The predicted molar refractivity (Wildman–Crippen MR) is 92.9 cm³/mol. The van der Waals surface area contributed by atoms with Crippen LogP contribution in [0, 0.1) is 0 Å². The van der Waals surface area contributed by atoms with Crippen molar-refractivity contribution in [2.45, 2.75) is 96.8 Å². The molecule has 1 amide bonds. The Kier molecular flexibility index (Phi) is 14.9. The minimum absolute atomic E-state index is 0.0280. The van der Waals surface area contributed by atoms with E-state index < -0.39 is 10.0 Å². The van der Waals surface area contributed by atoms with Crippen molar-refractivity contribution >= 4 is 16.4 Å². The van der Waals surface area contributed by atoms with Gasteiger partial charge in [-0.05, 0) is 6.42 Å². The van der Waals surface area contributed by atoms with Gasteiger partial charge in [-0.2, -0.15) is 0 Å². The SMILES string of the molecule is CCCCCCCCCCCCCCCCS(=O)(=O)N[C]=O. The van der Waals surface area contributed by atoms with Crippen LogP contribution in [-0.4, -0.2) is 20.6 Å². The number of nitrogens with one attached hydrogen (secondary N) is 1. The molecule has 1 N–H and O–H groups in total. The highest BCUT2D eigenvalue weighted by atomic mass is 32.2. The van der Waals surface area contributed by atoms with Crippen LogP contribution in [0.5, 0.6) is 0 Å². The molecule has 0 fully saturated rings. The molecule has 0 rings (SSSR count). The second-order valence-corrected chi connectivity index (χ2v) is 7.96. The summed E-state index contributed by atoms with van der Waals surface area (Å²) in [4.78, 5) is 9.95. The summed E-state index contributed by atoms with van der Waals surface area (Å²) in [5.74, 6) is 0.0280. The van der Waals surface area contributed by atoms with E-state index in [1.54, 1.807) is 4.72 Å². The molecule has 131 valence electrons. The van der Waals surface area contributed by atoms with Gasteiger partial charge in [0.25, 0.3) is 0 Å². The van der Waals surface area contributed by atoms with Gasteiger partial charge < -0.3 is 0 Å². The highest BCUT2D eigenvalue weighted by Gasteiger charge is 2.07. The van der Waals surface area contributed by atoms with Crippen LogP contribution in [-0.2, 0) is 14.8 Å². The van der Waals surface area contributed by atoms with E-state index in [-0.39, 0.29) is 5.75 Å². The number of unbranched alkanes of at least 4 members (excludes halogenated alkanes) is 13. The maximum atomic E-state index is 11.2. The second-order valence-electron chi connectivity index (χ2n) is 6.12. The van der Waals surface area contributed by atoms with E-state index in [1.165, 1.54) is 77.0 Å². The van der Waals surface area contributed by atoms with E-state index in [2.05, 4.69) is 6.92 Å². The Balaban J connectivity index is 3.16. The van der Waals surface area contributed by atoms with Gasteiger partial charge in [0.15, 0.2) is 0 Å². The monoisotopic (exact) mass is 332 g/mol. The van der Waals surface area contributed by atoms with Gasteiger partial charge in [-0.15, -0.1) is 0 Å². The van der Waals surface area contributed by atoms with Crippen LogP contribution in [0.1, 0.15) is 96.8 Å². The smallest absolute Gasteiger partial charge is 0.263 e. The minimum atomic E-state index is -3.42. The molecule has 1 radical (unpaired) electrons. The third-order valence-corrected chi connectivity index (χ3v) is 5.18. The first-order valence-corrected chi connectivity index (χ1v) is 10.6. The largest absolute Gasteiger partial charge is 0.323 e. The summed E-state index contributed by atoms with van der Waals surface area (Å²) in [7, 11) is -3.42. The molecular weight excluding hydrogens is 298 g/mol. The Morgan fingerprint density at radius 3 is 1.41 bits per heavy atom. The number of sulfonamides is 1. The van der Waals surface area contributed by atoms with Gasteiger partial charge in [0, 0.05) is 0 Å². The first-order chi connectivity index (χ1) is 10.6. The van der Waals surface area contributed by atoms with E-state index in [9.17, 15) is 13.2 Å². The van der Waals surface area contributed by atoms with Crippen LogP contribution in [0.4, 0.5) is 0 Å². The van der Waals surface area contributed by atoms with Crippen molar-refractivity contribution in [2.75, 3.05) is 5.75 Å². The molecule has 0 saturated heterocycles. The van der Waals surface area contributed by atoms with E-state index in [4.69, 9.17) is 0 Å². The molecular formula is C17H34NO3S. The van der Waals surface area contributed by atoms with Crippen LogP contribution < -0.4 is 4.72 Å². The first kappa shape index (κ1) is 21.4. The van der Waals surface area contributed by atoms with E-state index in [0.29, 0.717) is 6.42 Å². The summed E-state index contributed by atoms with van der Waals surface area (Å²) in [6.45, 7) is 2.25. The number of amides is 1. The molecule has 0 aliphatic carbocycles. The van der Waals surface area contributed by atoms with Crippen LogP contribution >= 0.6 is 0 Å². The van der Waals surface area contributed by atoms with Gasteiger partial charge in [-0.1, -0.05) is 90.4 Å². The summed E-state index contributed by atoms with van der Waals surface area (Å²) < 4.78 is 24.1. The van der Waals surface area contributed by atoms with Crippen molar-refractivity contribution in [1.82, 2.24) is 4.72 Å². The third kappa shape index (κ3) is 15.8. The molecule has 22 heavy (non-hydrogen) atoms. The molecule has 0 heterocycles. The lowest BCUT2D eigenvalue weighted by molar-refractivity contribution is 0.535. The van der Waals surface area contributed by atoms with Crippen LogP contribution in [0.15, 0.2) is 0 Å². The van der Waals surface area contributed by atoms with Gasteiger partial charge >= 0.3 is 6.41 Å². The average molecular weight is 333 g/mol. The minimum Gasteiger partial charge on any atom is -0.263 e. The summed E-state index contributed by atoms with van der Waals surface area (Å²) in [5, 5.41) is 0. The highest BCUT2D eigenvalue weighted by molar-refractivity contribution is 7.89. The first-order valence-electron chi connectivity index (χ1n) is 8.99. The molecule has 0 atom stereocenters. The van der Waals surface area contributed by atoms with Crippen molar-refractivity contribution in [2.24, 2.45) is 0 Å². The van der Waals surface area contributed by atoms with Crippen LogP contribution in [0.25, 0.3) is 0 Å². The van der Waals surface area contributed by atoms with Gasteiger partial charge in [0.2, 0.25) is 10.0 Å². The predicted octanol–water partition coefficient (Wildman–Crippen LogP) is 4.45. The molecule has 0 saturated carbocycles. The zero-order valence-corrected chi connectivity index (χ0v) is 15.1. The number of hydrogen-bond donors (Lipinski definition) is 1. The van der Waals surface area contributed by atoms with Crippen molar-refractivity contribution < 1.29 is 13.2 Å². The Hall–Kier alpha value is -0.580. The fourth-order valence-corrected chi connectivity index (χ4v) is 3.41. The summed E-state index contributed by atoms with van der Waals surface area (Å²) >= 11 is 0. The van der Waals surface area contributed by atoms with Gasteiger partial charge in [-0.25, -0.2) is 13.1 Å². The zero-order chi connectivity index (χ0) is 16.5. The lowest BCUT2D eigenvalue weighted by Crippen LogP contribution is -2.24.